The van der Waals surface area contributed by atoms with Gasteiger partial charge in [-0.15, -0.1) is 0 Å². The second-order valence-electron chi connectivity index (χ2n) is 8.88. The lowest BCUT2D eigenvalue weighted by Crippen LogP contribution is -2.41. The van der Waals surface area contributed by atoms with Crippen LogP contribution in [-0.2, 0) is 13.6 Å². The summed E-state index contributed by atoms with van der Waals surface area (Å²) >= 11 is 0. The maximum absolute atomic E-state index is 13.2. The molecule has 31 heavy (non-hydrogen) atoms. The van der Waals surface area contributed by atoms with E-state index in [-0.39, 0.29) is 5.78 Å². The highest BCUT2D eigenvalue weighted by molar-refractivity contribution is 6.15. The Hall–Kier alpha value is -3.05. The number of fused-ring (bicyclic) bond motifs is 4. The second-order valence-corrected chi connectivity index (χ2v) is 8.88. The van der Waals surface area contributed by atoms with Gasteiger partial charge in [-0.25, -0.2) is 0 Å². The van der Waals surface area contributed by atoms with Gasteiger partial charge >= 0.3 is 0 Å². The van der Waals surface area contributed by atoms with Gasteiger partial charge < -0.3 is 14.0 Å². The Morgan fingerprint density at radius 1 is 1.06 bits per heavy atom. The van der Waals surface area contributed by atoms with E-state index in [1.165, 1.54) is 32.1 Å². The quantitative estimate of drug-likeness (QED) is 0.535. The van der Waals surface area contributed by atoms with Gasteiger partial charge in [0.15, 0.2) is 5.76 Å². The summed E-state index contributed by atoms with van der Waals surface area (Å²) in [7, 11) is 2.02. The molecule has 0 radical (unpaired) electrons. The maximum Gasteiger partial charge on any atom is 0.231 e. The molecular weight excluding hydrogens is 388 g/mol. The maximum atomic E-state index is 13.2. The van der Waals surface area contributed by atoms with E-state index in [0.29, 0.717) is 29.8 Å². The van der Waals surface area contributed by atoms with Crippen LogP contribution in [0.4, 0.5) is 0 Å². The first-order chi connectivity index (χ1) is 15.2. The first-order valence-electron chi connectivity index (χ1n) is 11.2. The Balaban J connectivity index is 1.35. The van der Waals surface area contributed by atoms with Crippen molar-refractivity contribution in [3.8, 4) is 11.5 Å². The van der Waals surface area contributed by atoms with Crippen molar-refractivity contribution >= 4 is 22.8 Å². The van der Waals surface area contributed by atoms with Gasteiger partial charge in [0.05, 0.1) is 11.1 Å². The molecule has 0 unspecified atom stereocenters. The number of allylic oxidation sites excluding steroid dienone is 1. The Morgan fingerprint density at radius 2 is 1.90 bits per heavy atom. The first kappa shape index (κ1) is 18.7. The van der Waals surface area contributed by atoms with E-state index in [9.17, 15) is 4.79 Å². The number of carbonyl (C=O) groups is 1. The van der Waals surface area contributed by atoms with Crippen LogP contribution < -0.4 is 9.47 Å². The molecule has 0 bridgehead atoms. The van der Waals surface area contributed by atoms with Gasteiger partial charge in [0.25, 0.3) is 0 Å². The minimum absolute atomic E-state index is 0.0551. The standard InChI is InChI=1S/C26H26N2O3/c1-27-14-17(19-9-5-6-10-22(19)27)13-24-25(29)20-11-12-23-21(26(20)31-24)15-28(16-30-23)18-7-3-2-4-8-18/h5-6,9-14,18H,2-4,7-8,15-16H2,1H3/b24-13+. The van der Waals surface area contributed by atoms with Crippen molar-refractivity contribution in [3.63, 3.8) is 0 Å². The summed E-state index contributed by atoms with van der Waals surface area (Å²) in [4.78, 5) is 15.6. The van der Waals surface area contributed by atoms with E-state index in [0.717, 1.165) is 34.3 Å². The Kier molecular flexibility index (Phi) is 4.39. The average Bonchev–Trinajstić information content (AvgIpc) is 3.31. The molecule has 3 heterocycles. The normalized spacial score (nSPS) is 20.5. The molecule has 1 aliphatic carbocycles. The van der Waals surface area contributed by atoms with Crippen LogP contribution in [0, 0.1) is 0 Å². The molecule has 6 rings (SSSR count). The van der Waals surface area contributed by atoms with E-state index >= 15 is 0 Å². The smallest absolute Gasteiger partial charge is 0.231 e. The van der Waals surface area contributed by atoms with Crippen molar-refractivity contribution in [2.75, 3.05) is 6.73 Å². The number of ketones is 1. The SMILES string of the molecule is Cn1cc(/C=C2/Oc3c(ccc4c3CN(C3CCCCC3)CO4)C2=O)c2ccccc21. The zero-order chi connectivity index (χ0) is 20.9. The molecule has 0 saturated heterocycles. The summed E-state index contributed by atoms with van der Waals surface area (Å²) < 4.78 is 14.4. The lowest BCUT2D eigenvalue weighted by molar-refractivity contribution is 0.0394. The van der Waals surface area contributed by atoms with Crippen LogP contribution in [0.2, 0.25) is 0 Å². The van der Waals surface area contributed by atoms with Crippen LogP contribution in [0.15, 0.2) is 48.4 Å². The van der Waals surface area contributed by atoms with Crippen LogP contribution in [0.1, 0.15) is 53.6 Å². The number of ether oxygens (including phenoxy) is 2. The monoisotopic (exact) mass is 414 g/mol. The highest BCUT2D eigenvalue weighted by Gasteiger charge is 2.35. The molecule has 5 nitrogen and oxygen atoms in total. The molecule has 1 fully saturated rings. The van der Waals surface area contributed by atoms with Crippen LogP contribution in [0.5, 0.6) is 11.5 Å². The van der Waals surface area contributed by atoms with E-state index < -0.39 is 0 Å². The van der Waals surface area contributed by atoms with Gasteiger partial charge in [-0.3, -0.25) is 9.69 Å². The number of benzene rings is 2. The third-order valence-electron chi connectivity index (χ3n) is 6.95. The van der Waals surface area contributed by atoms with Gasteiger partial charge in [0, 0.05) is 42.3 Å². The summed E-state index contributed by atoms with van der Waals surface area (Å²) in [6.45, 7) is 1.39. The first-order valence-corrected chi connectivity index (χ1v) is 11.2. The number of aryl methyl sites for hydroxylation is 1. The van der Waals surface area contributed by atoms with Gasteiger partial charge in [0.2, 0.25) is 5.78 Å². The fourth-order valence-electron chi connectivity index (χ4n) is 5.29. The van der Waals surface area contributed by atoms with Gasteiger partial charge in [-0.1, -0.05) is 37.5 Å². The summed E-state index contributed by atoms with van der Waals surface area (Å²) in [5.41, 5.74) is 3.76. The molecule has 0 spiro atoms. The molecule has 2 aliphatic heterocycles. The number of nitrogens with zero attached hydrogens (tertiary/aromatic N) is 2. The number of hydrogen-bond acceptors (Lipinski definition) is 4. The topological polar surface area (TPSA) is 43.7 Å². The van der Waals surface area contributed by atoms with Crippen LogP contribution in [0.3, 0.4) is 0 Å². The molecule has 1 aromatic heterocycles. The van der Waals surface area contributed by atoms with Gasteiger partial charge in [-0.05, 0) is 37.1 Å². The fraction of sp³-hybridized carbons (Fsp3) is 0.346. The van der Waals surface area contributed by atoms with Crippen molar-refractivity contribution in [1.82, 2.24) is 9.47 Å². The van der Waals surface area contributed by atoms with E-state index in [1.807, 2.05) is 43.6 Å². The van der Waals surface area contributed by atoms with Crippen LogP contribution in [-0.4, -0.2) is 28.0 Å². The molecule has 5 heteroatoms. The molecule has 1 saturated carbocycles. The third-order valence-corrected chi connectivity index (χ3v) is 6.95. The zero-order valence-corrected chi connectivity index (χ0v) is 17.8. The number of para-hydroxylation sites is 1. The highest BCUT2D eigenvalue weighted by Crippen LogP contribution is 2.43. The van der Waals surface area contributed by atoms with E-state index in [4.69, 9.17) is 9.47 Å². The largest absolute Gasteiger partial charge is 0.478 e. The number of carbonyl (C=O) groups excluding carboxylic acids is 1. The van der Waals surface area contributed by atoms with E-state index in [1.54, 1.807) is 0 Å². The third kappa shape index (κ3) is 3.07. The zero-order valence-electron chi connectivity index (χ0n) is 17.8. The molecule has 3 aliphatic rings. The van der Waals surface area contributed by atoms with Crippen molar-refractivity contribution in [2.24, 2.45) is 7.05 Å². The van der Waals surface area contributed by atoms with Gasteiger partial charge in [0.1, 0.15) is 18.2 Å². The Bertz CT molecular complexity index is 1220. The molecule has 2 aromatic carbocycles. The minimum atomic E-state index is -0.0551. The Labute approximate surface area is 181 Å². The lowest BCUT2D eigenvalue weighted by atomic mass is 9.93. The average molecular weight is 415 g/mol. The van der Waals surface area contributed by atoms with Crippen LogP contribution >= 0.6 is 0 Å². The molecule has 0 atom stereocenters. The fourth-order valence-corrected chi connectivity index (χ4v) is 5.29. The van der Waals surface area contributed by atoms with Crippen molar-refractivity contribution in [1.29, 1.82) is 0 Å². The van der Waals surface area contributed by atoms with Crippen molar-refractivity contribution in [2.45, 2.75) is 44.7 Å². The predicted octanol–water partition coefficient (Wildman–Crippen LogP) is 5.28. The summed E-state index contributed by atoms with van der Waals surface area (Å²) in [5.74, 6) is 1.84. The number of rotatable bonds is 2. The lowest BCUT2D eigenvalue weighted by Gasteiger charge is -2.37. The van der Waals surface area contributed by atoms with Crippen molar-refractivity contribution in [3.05, 3.63) is 65.0 Å². The molecule has 0 amide bonds. The predicted molar refractivity (Wildman–Crippen MR) is 120 cm³/mol. The summed E-state index contributed by atoms with van der Waals surface area (Å²) in [5, 5.41) is 1.11. The highest BCUT2D eigenvalue weighted by atomic mass is 16.5. The molecule has 158 valence electrons. The number of hydrogen-bond donors (Lipinski definition) is 0. The summed E-state index contributed by atoms with van der Waals surface area (Å²) in [6, 6.07) is 12.5. The number of aromatic nitrogens is 1. The number of Topliss-reactive ketones (excluding diaryl/α,β-unsaturated/α-hetero) is 1. The van der Waals surface area contributed by atoms with Crippen LogP contribution in [0.25, 0.3) is 17.0 Å². The van der Waals surface area contributed by atoms with Crippen molar-refractivity contribution < 1.29 is 14.3 Å². The summed E-state index contributed by atoms with van der Waals surface area (Å²) in [6.07, 6.45) is 10.3. The van der Waals surface area contributed by atoms with E-state index in [2.05, 4.69) is 21.6 Å². The molecule has 3 aromatic rings. The molecular formula is C26H26N2O3. The molecule has 0 N–H and O–H groups in total. The minimum Gasteiger partial charge on any atom is -0.478 e. The Morgan fingerprint density at radius 3 is 2.77 bits per heavy atom. The van der Waals surface area contributed by atoms with Gasteiger partial charge in [-0.2, -0.15) is 0 Å². The second kappa shape index (κ2) is 7.27.